The second-order valence-electron chi connectivity index (χ2n) is 24.2. The maximum atomic E-state index is 14.4. The van der Waals surface area contributed by atoms with E-state index in [0.29, 0.717) is 127 Å². The summed E-state index contributed by atoms with van der Waals surface area (Å²) in [5.74, 6) is -1.94. The third kappa shape index (κ3) is 16.5. The molecule has 0 fully saturated rings. The Morgan fingerprint density at radius 3 is 1.29 bits per heavy atom. The van der Waals surface area contributed by atoms with Crippen LogP contribution in [0.5, 0.6) is 17.2 Å². The number of nitrogens with one attached hydrogen (secondary N) is 5. The van der Waals surface area contributed by atoms with E-state index in [1.165, 1.54) is 31.8 Å². The van der Waals surface area contributed by atoms with Gasteiger partial charge < -0.3 is 47.9 Å². The highest BCUT2D eigenvalue weighted by Crippen LogP contribution is 2.33. The van der Waals surface area contributed by atoms with E-state index < -0.39 is 29.4 Å². The number of ether oxygens (including phenoxy) is 3. The fourth-order valence-electron chi connectivity index (χ4n) is 12.5. The molecule has 0 spiro atoms. The smallest absolute Gasteiger partial charge is 0.274 e. The zero-order valence-electron chi connectivity index (χ0n) is 56.3. The van der Waals surface area contributed by atoms with Crippen LogP contribution in [0, 0.1) is 19.7 Å². The van der Waals surface area contributed by atoms with E-state index >= 15 is 0 Å². The van der Waals surface area contributed by atoms with Gasteiger partial charge in [-0.3, -0.25) is 64.1 Å². The standard InChI is InChI=1S/C20H23N3O3.C17H18ClN3O4.C17H18FN3O4.C17H19N3O4/c1-13-4-3-5-14(2)19(13)21-18(24)12-23-9-8-15-10-16(20(25)22-26)6-7-17(15)11-23;2*1-20-5-4-14(25-2)15(20)17(23)21-6-3-10-7-11(16(22)19-24)8-13(18)12(10)9-21;1-19-7-6-14(24-2)15(19)17(22)20-8-5-11-9-12(16(21)18-23)3-4-13(11)10-20/h3-7,10,26H,8-9,11-12H2,1-2H3,(H,21,24)(H,22,25);2*4-5,7-8,24H,3,6,9H2,1-2H3,(H,19,22);3-4,6-7,9,23H,5,8,10H2,1-2H3,(H,18,21). The van der Waals surface area contributed by atoms with Crippen LogP contribution in [0.2, 0.25) is 5.02 Å². The van der Waals surface area contributed by atoms with Crippen LogP contribution < -0.4 is 41.4 Å². The highest BCUT2D eigenvalue weighted by Gasteiger charge is 2.32. The van der Waals surface area contributed by atoms with Gasteiger partial charge in [0, 0.05) is 131 Å². The monoisotopic (exact) mass is 1390 g/mol. The molecule has 100 heavy (non-hydrogen) atoms. The van der Waals surface area contributed by atoms with Crippen molar-refractivity contribution in [2.75, 3.05) is 59.4 Å². The number of amides is 8. The maximum Gasteiger partial charge on any atom is 0.274 e. The van der Waals surface area contributed by atoms with Crippen LogP contribution in [-0.4, -0.2) is 155 Å². The molecular weight excluding hydrogens is 1320 g/mol. The molecule has 27 nitrogen and oxygen atoms in total. The van der Waals surface area contributed by atoms with E-state index in [-0.39, 0.29) is 41.3 Å². The van der Waals surface area contributed by atoms with Crippen molar-refractivity contribution in [2.45, 2.75) is 65.7 Å². The molecule has 8 aromatic rings. The van der Waals surface area contributed by atoms with Crippen molar-refractivity contribution in [1.82, 2.24) is 55.2 Å². The van der Waals surface area contributed by atoms with Crippen molar-refractivity contribution in [2.24, 2.45) is 21.1 Å². The van der Waals surface area contributed by atoms with Gasteiger partial charge in [0.2, 0.25) is 5.91 Å². The van der Waals surface area contributed by atoms with E-state index in [1.54, 1.807) is 133 Å². The summed E-state index contributed by atoms with van der Waals surface area (Å²) in [6.45, 7) is 8.09. The van der Waals surface area contributed by atoms with Crippen molar-refractivity contribution in [3.8, 4) is 17.2 Å². The summed E-state index contributed by atoms with van der Waals surface area (Å²) in [7, 11) is 9.92. The third-order valence-corrected chi connectivity index (χ3v) is 18.2. The Labute approximate surface area is 580 Å². The van der Waals surface area contributed by atoms with Crippen LogP contribution in [0.3, 0.4) is 0 Å². The Hall–Kier alpha value is -10.9. The minimum absolute atomic E-state index is 0.0258. The van der Waals surface area contributed by atoms with Crippen molar-refractivity contribution in [3.05, 3.63) is 221 Å². The van der Waals surface area contributed by atoms with Crippen molar-refractivity contribution in [1.29, 1.82) is 0 Å². The van der Waals surface area contributed by atoms with Crippen LogP contribution >= 0.6 is 11.6 Å². The summed E-state index contributed by atoms with van der Waals surface area (Å²) in [5.41, 5.74) is 18.9. The number of carbonyl (C=O) groups excluding carboxylic acids is 8. The summed E-state index contributed by atoms with van der Waals surface area (Å²) >= 11 is 6.30. The van der Waals surface area contributed by atoms with Gasteiger partial charge in [0.15, 0.2) is 0 Å². The van der Waals surface area contributed by atoms with Gasteiger partial charge in [-0.2, -0.15) is 0 Å². The first kappa shape index (κ1) is 73.4. The lowest BCUT2D eigenvalue weighted by atomic mass is 9.96. The summed E-state index contributed by atoms with van der Waals surface area (Å²) in [5, 5.41) is 38.3. The maximum absolute atomic E-state index is 14.4. The number of hydroxylamine groups is 4. The second-order valence-corrected chi connectivity index (χ2v) is 24.6. The van der Waals surface area contributed by atoms with Crippen molar-refractivity contribution >= 4 is 64.5 Å². The Bertz CT molecular complexity index is 4290. The molecule has 0 saturated heterocycles. The second kappa shape index (κ2) is 32.7. The lowest BCUT2D eigenvalue weighted by Gasteiger charge is -2.30. The van der Waals surface area contributed by atoms with Gasteiger partial charge in [-0.25, -0.2) is 26.3 Å². The minimum Gasteiger partial charge on any atom is -0.494 e. The van der Waals surface area contributed by atoms with Gasteiger partial charge in [0.1, 0.15) is 40.1 Å². The topological polar surface area (TPSA) is 333 Å². The van der Waals surface area contributed by atoms with Crippen LogP contribution in [0.25, 0.3) is 0 Å². The molecule has 3 aromatic heterocycles. The fourth-order valence-corrected chi connectivity index (χ4v) is 12.8. The first-order valence-corrected chi connectivity index (χ1v) is 32.0. The molecule has 0 radical (unpaired) electrons. The normalized spacial score (nSPS) is 13.5. The predicted octanol–water partition coefficient (Wildman–Crippen LogP) is 7.27. The largest absolute Gasteiger partial charge is 0.494 e. The Morgan fingerprint density at radius 1 is 0.460 bits per heavy atom. The summed E-state index contributed by atoms with van der Waals surface area (Å²) in [4.78, 5) is 104. The molecule has 0 aliphatic carbocycles. The van der Waals surface area contributed by atoms with Crippen molar-refractivity contribution < 1.29 is 77.8 Å². The molecule has 0 atom stereocenters. The number of hydrogen-bond acceptors (Lipinski definition) is 16. The number of para-hydroxylation sites is 1. The number of benzene rings is 5. The van der Waals surface area contributed by atoms with Gasteiger partial charge in [-0.1, -0.05) is 41.9 Å². The molecule has 8 amide bonds. The van der Waals surface area contributed by atoms with Crippen molar-refractivity contribution in [3.63, 3.8) is 0 Å². The lowest BCUT2D eigenvalue weighted by Crippen LogP contribution is -2.37. The highest BCUT2D eigenvalue weighted by molar-refractivity contribution is 6.32. The van der Waals surface area contributed by atoms with Crippen LogP contribution in [0.4, 0.5) is 10.1 Å². The highest BCUT2D eigenvalue weighted by atomic mass is 35.5. The summed E-state index contributed by atoms with van der Waals surface area (Å²) < 4.78 is 35.3. The van der Waals surface area contributed by atoms with Gasteiger partial charge >= 0.3 is 0 Å². The van der Waals surface area contributed by atoms with Gasteiger partial charge in [-0.05, 0) is 156 Å². The average molecular weight is 1390 g/mol. The SMILES string of the molecule is COc1ccn(C)c1C(=O)N1CCc2cc(C(=O)NO)cc(Cl)c2C1.COc1ccn(C)c1C(=O)N1CCc2cc(C(=O)NO)cc(F)c2C1.COc1ccn(C)c1C(=O)N1CCc2cc(C(=O)NO)ccc2C1.Cc1cccc(C)c1NC(=O)CN1CCc2cc(C(=O)NO)ccc2C1. The lowest BCUT2D eigenvalue weighted by molar-refractivity contribution is -0.117. The number of carbonyl (C=O) groups is 8. The molecule has 4 aliphatic heterocycles. The molecule has 0 bridgehead atoms. The third-order valence-electron chi connectivity index (χ3n) is 17.9. The van der Waals surface area contributed by atoms with E-state index in [1.807, 2.05) is 51.2 Å². The average Bonchev–Trinajstić information content (AvgIpc) is 1.09. The first-order valence-electron chi connectivity index (χ1n) is 31.6. The van der Waals surface area contributed by atoms with Crippen LogP contribution in [0.15, 0.2) is 116 Å². The summed E-state index contributed by atoms with van der Waals surface area (Å²) in [6, 6.07) is 27.5. The zero-order chi connectivity index (χ0) is 72.2. The van der Waals surface area contributed by atoms with Gasteiger partial charge in [-0.15, -0.1) is 0 Å². The molecule has 526 valence electrons. The molecule has 7 heterocycles. The predicted molar refractivity (Wildman–Crippen MR) is 363 cm³/mol. The molecule has 5 aromatic carbocycles. The minimum atomic E-state index is -0.770. The number of hydrogen-bond donors (Lipinski definition) is 9. The molecular formula is C71H78ClFN12O15. The molecule has 0 saturated carbocycles. The van der Waals surface area contributed by atoms with E-state index in [9.17, 15) is 42.7 Å². The number of methoxy groups -OCH3 is 3. The molecule has 4 aliphatic rings. The number of anilines is 1. The molecule has 9 N–H and O–H groups in total. The Balaban J connectivity index is 0.000000156. The number of rotatable bonds is 13. The van der Waals surface area contributed by atoms with Gasteiger partial charge in [0.05, 0.1) is 27.9 Å². The number of aryl methyl sites for hydroxylation is 5. The number of aromatic nitrogens is 3. The van der Waals surface area contributed by atoms with E-state index in [2.05, 4.69) is 10.2 Å². The Morgan fingerprint density at radius 2 is 0.840 bits per heavy atom. The Kier molecular flexibility index (Phi) is 24.0. The number of nitrogens with zero attached hydrogens (tertiary/aromatic N) is 7. The fraction of sp³-hybridized carbons (Fsp3) is 0.296. The van der Waals surface area contributed by atoms with Crippen LogP contribution in [0.1, 0.15) is 129 Å². The first-order chi connectivity index (χ1) is 47.9. The quantitative estimate of drug-likeness (QED) is 0.0405. The zero-order valence-corrected chi connectivity index (χ0v) is 57.1. The van der Waals surface area contributed by atoms with E-state index in [4.69, 9.17) is 46.6 Å². The van der Waals surface area contributed by atoms with Crippen LogP contribution in [-0.2, 0) is 77.8 Å². The number of halogens is 2. The number of fused-ring (bicyclic) bond motifs is 4. The summed E-state index contributed by atoms with van der Waals surface area (Å²) in [6.07, 6.45) is 7.70. The molecule has 12 rings (SSSR count). The molecule has 29 heteroatoms. The van der Waals surface area contributed by atoms with E-state index in [0.717, 1.165) is 69.2 Å². The molecule has 0 unspecified atom stereocenters. The van der Waals surface area contributed by atoms with Gasteiger partial charge in [0.25, 0.3) is 41.4 Å².